The van der Waals surface area contributed by atoms with Gasteiger partial charge in [0.2, 0.25) is 0 Å². The fourth-order valence-electron chi connectivity index (χ4n) is 0.492. The van der Waals surface area contributed by atoms with Gasteiger partial charge in [0.15, 0.2) is 5.69 Å². The first-order chi connectivity index (χ1) is 4.63. The van der Waals surface area contributed by atoms with Crippen LogP contribution in [0.4, 0.5) is 5.69 Å². The predicted octanol–water partition coefficient (Wildman–Crippen LogP) is 0.344. The Morgan fingerprint density at radius 2 is 2.40 bits per heavy atom. The van der Waals surface area contributed by atoms with Gasteiger partial charge in [-0.1, -0.05) is 11.6 Å². The van der Waals surface area contributed by atoms with E-state index in [-0.39, 0.29) is 16.5 Å². The lowest BCUT2D eigenvalue weighted by molar-refractivity contribution is 0.0691. The van der Waals surface area contributed by atoms with Gasteiger partial charge < -0.3 is 10.8 Å². The van der Waals surface area contributed by atoms with Crippen LogP contribution in [0.3, 0.4) is 0 Å². The number of carboxylic acids is 1. The third-order valence-electron chi connectivity index (χ3n) is 0.960. The summed E-state index contributed by atoms with van der Waals surface area (Å²) in [6.45, 7) is 0. The zero-order valence-electron chi connectivity index (χ0n) is 4.76. The van der Waals surface area contributed by atoms with Gasteiger partial charge in [0.1, 0.15) is 10.8 Å². The van der Waals surface area contributed by atoms with E-state index in [2.05, 4.69) is 10.2 Å². The minimum atomic E-state index is -1.19. The summed E-state index contributed by atoms with van der Waals surface area (Å²) in [4.78, 5) is 10.2. The van der Waals surface area contributed by atoms with Crippen LogP contribution in [0, 0.1) is 0 Å². The quantitative estimate of drug-likeness (QED) is 0.554. The van der Waals surface area contributed by atoms with E-state index in [1.807, 2.05) is 0 Å². The summed E-state index contributed by atoms with van der Waals surface area (Å²) in [5.41, 5.74) is 4.92. The molecule has 5 nitrogen and oxygen atoms in total. The number of hydrogen-bond donors (Lipinski definition) is 3. The van der Waals surface area contributed by atoms with Crippen LogP contribution in [0.5, 0.6) is 0 Å². The van der Waals surface area contributed by atoms with Crippen molar-refractivity contribution in [3.63, 3.8) is 0 Å². The SMILES string of the molecule is Nc1c(C(=O)O)n[nH]c1Cl. The van der Waals surface area contributed by atoms with Crippen LogP contribution in [0.15, 0.2) is 0 Å². The largest absolute Gasteiger partial charge is 0.476 e. The third kappa shape index (κ3) is 0.906. The van der Waals surface area contributed by atoms with Crippen LogP contribution in [0.2, 0.25) is 5.15 Å². The van der Waals surface area contributed by atoms with E-state index in [0.717, 1.165) is 0 Å². The summed E-state index contributed by atoms with van der Waals surface area (Å²) in [6.07, 6.45) is 0. The Morgan fingerprint density at radius 3 is 2.60 bits per heavy atom. The van der Waals surface area contributed by atoms with Crippen molar-refractivity contribution in [3.8, 4) is 0 Å². The summed E-state index contributed by atoms with van der Waals surface area (Å²) in [5.74, 6) is -1.19. The topological polar surface area (TPSA) is 92.0 Å². The Balaban J connectivity index is 3.17. The van der Waals surface area contributed by atoms with Crippen molar-refractivity contribution in [1.82, 2.24) is 10.2 Å². The molecular weight excluding hydrogens is 158 g/mol. The second kappa shape index (κ2) is 2.18. The highest BCUT2D eigenvalue weighted by molar-refractivity contribution is 6.32. The molecule has 0 amide bonds. The zero-order chi connectivity index (χ0) is 7.72. The van der Waals surface area contributed by atoms with Crippen LogP contribution in [0.25, 0.3) is 0 Å². The number of carbonyl (C=O) groups is 1. The third-order valence-corrected chi connectivity index (χ3v) is 1.25. The predicted molar refractivity (Wildman–Crippen MR) is 35.0 cm³/mol. The van der Waals surface area contributed by atoms with Crippen LogP contribution in [-0.4, -0.2) is 21.3 Å². The lowest BCUT2D eigenvalue weighted by Gasteiger charge is -1.86. The van der Waals surface area contributed by atoms with Crippen molar-refractivity contribution in [1.29, 1.82) is 0 Å². The maximum absolute atomic E-state index is 10.2. The highest BCUT2D eigenvalue weighted by atomic mass is 35.5. The Hall–Kier alpha value is -1.23. The molecule has 10 heavy (non-hydrogen) atoms. The molecule has 1 rings (SSSR count). The molecule has 0 aliphatic heterocycles. The second-order valence-electron chi connectivity index (χ2n) is 1.61. The lowest BCUT2D eigenvalue weighted by Crippen LogP contribution is -2.00. The van der Waals surface area contributed by atoms with Crippen LogP contribution in [0.1, 0.15) is 10.5 Å². The van der Waals surface area contributed by atoms with Crippen molar-refractivity contribution < 1.29 is 9.90 Å². The van der Waals surface area contributed by atoms with E-state index >= 15 is 0 Å². The van der Waals surface area contributed by atoms with Crippen molar-refractivity contribution in [2.24, 2.45) is 0 Å². The molecule has 0 saturated carbocycles. The fourth-order valence-corrected chi connectivity index (χ4v) is 0.624. The van der Waals surface area contributed by atoms with Crippen LogP contribution >= 0.6 is 11.6 Å². The fraction of sp³-hybridized carbons (Fsp3) is 0. The van der Waals surface area contributed by atoms with E-state index < -0.39 is 5.97 Å². The monoisotopic (exact) mass is 161 g/mol. The number of H-pyrrole nitrogens is 1. The number of carboxylic acid groups (broad SMARTS) is 1. The average molecular weight is 162 g/mol. The first-order valence-electron chi connectivity index (χ1n) is 2.35. The Kier molecular flexibility index (Phi) is 1.50. The number of anilines is 1. The van der Waals surface area contributed by atoms with Crippen molar-refractivity contribution in [2.45, 2.75) is 0 Å². The van der Waals surface area contributed by atoms with E-state index in [0.29, 0.717) is 0 Å². The van der Waals surface area contributed by atoms with E-state index in [1.54, 1.807) is 0 Å². The van der Waals surface area contributed by atoms with Gasteiger partial charge in [-0.2, -0.15) is 5.10 Å². The molecule has 0 bridgehead atoms. The summed E-state index contributed by atoms with van der Waals surface area (Å²) >= 11 is 5.37. The number of aromatic nitrogens is 2. The number of hydrogen-bond acceptors (Lipinski definition) is 3. The highest BCUT2D eigenvalue weighted by Gasteiger charge is 2.13. The number of aromatic carboxylic acids is 1. The molecule has 0 atom stereocenters. The van der Waals surface area contributed by atoms with E-state index in [9.17, 15) is 4.79 Å². The highest BCUT2D eigenvalue weighted by Crippen LogP contribution is 2.17. The molecule has 54 valence electrons. The van der Waals surface area contributed by atoms with Gasteiger partial charge in [-0.25, -0.2) is 4.79 Å². The number of halogens is 1. The van der Waals surface area contributed by atoms with Crippen molar-refractivity contribution in [3.05, 3.63) is 10.8 Å². The van der Waals surface area contributed by atoms with Gasteiger partial charge in [-0.05, 0) is 0 Å². The molecule has 0 aliphatic carbocycles. The number of aromatic amines is 1. The Bertz CT molecular complexity index is 269. The minimum absolute atomic E-state index is 0.0332. The molecule has 1 heterocycles. The van der Waals surface area contributed by atoms with Crippen LogP contribution < -0.4 is 5.73 Å². The minimum Gasteiger partial charge on any atom is -0.476 e. The first kappa shape index (κ1) is 6.88. The van der Waals surface area contributed by atoms with Gasteiger partial charge in [0, 0.05) is 0 Å². The van der Waals surface area contributed by atoms with Gasteiger partial charge in [-0.3, -0.25) is 5.10 Å². The molecule has 1 aromatic heterocycles. The van der Waals surface area contributed by atoms with E-state index in [1.165, 1.54) is 0 Å². The molecule has 0 aromatic carbocycles. The smallest absolute Gasteiger partial charge is 0.358 e. The van der Waals surface area contributed by atoms with Crippen molar-refractivity contribution in [2.75, 3.05) is 5.73 Å². The normalized spacial score (nSPS) is 9.70. The maximum Gasteiger partial charge on any atom is 0.358 e. The molecule has 1 aromatic rings. The van der Waals surface area contributed by atoms with Gasteiger partial charge in [0.05, 0.1) is 0 Å². The molecule has 0 fully saturated rings. The van der Waals surface area contributed by atoms with Gasteiger partial charge in [0.25, 0.3) is 0 Å². The van der Waals surface area contributed by atoms with Crippen molar-refractivity contribution >= 4 is 23.3 Å². The number of nitrogens with two attached hydrogens (primary N) is 1. The molecule has 4 N–H and O–H groups in total. The summed E-state index contributed by atoms with van der Waals surface area (Å²) in [5, 5.41) is 14.0. The maximum atomic E-state index is 10.2. The number of nitrogen functional groups attached to an aromatic ring is 1. The Morgan fingerprint density at radius 1 is 1.80 bits per heavy atom. The van der Waals surface area contributed by atoms with Crippen LogP contribution in [-0.2, 0) is 0 Å². The standard InChI is InChI=1S/C4H4ClN3O2/c5-3-1(6)2(4(9)10)7-8-3/h6H2,(H,7,8)(H,9,10). The average Bonchev–Trinajstić information content (AvgIpc) is 2.14. The molecule has 0 spiro atoms. The summed E-state index contributed by atoms with van der Waals surface area (Å²) in [7, 11) is 0. The number of rotatable bonds is 1. The summed E-state index contributed by atoms with van der Waals surface area (Å²) in [6, 6.07) is 0. The summed E-state index contributed by atoms with van der Waals surface area (Å²) < 4.78 is 0. The van der Waals surface area contributed by atoms with Gasteiger partial charge >= 0.3 is 5.97 Å². The van der Waals surface area contributed by atoms with E-state index in [4.69, 9.17) is 22.4 Å². The lowest BCUT2D eigenvalue weighted by atomic mass is 10.4. The molecule has 0 unspecified atom stereocenters. The Labute approximate surface area is 60.8 Å². The molecular formula is C4H4ClN3O2. The molecule has 6 heteroatoms. The van der Waals surface area contributed by atoms with Gasteiger partial charge in [-0.15, -0.1) is 0 Å². The second-order valence-corrected chi connectivity index (χ2v) is 1.98. The molecule has 0 aliphatic rings. The molecule has 0 saturated heterocycles. The zero-order valence-corrected chi connectivity index (χ0v) is 5.51. The number of nitrogens with one attached hydrogen (secondary N) is 1. The first-order valence-corrected chi connectivity index (χ1v) is 2.73. The molecule has 0 radical (unpaired) electrons. The number of nitrogens with zero attached hydrogens (tertiary/aromatic N) is 1.